The number of carbonyl (C=O) groups is 2. The van der Waals surface area contributed by atoms with Crippen LogP contribution in [0.3, 0.4) is 0 Å². The van der Waals surface area contributed by atoms with E-state index >= 15 is 0 Å². The zero-order valence-corrected chi connectivity index (χ0v) is 26.8. The molecule has 8 nitrogen and oxygen atoms in total. The molecular weight excluding hydrogens is 653 g/mol. The van der Waals surface area contributed by atoms with Crippen molar-refractivity contribution in [3.63, 3.8) is 0 Å². The third-order valence-electron chi connectivity index (χ3n) is 7.45. The van der Waals surface area contributed by atoms with Gasteiger partial charge >= 0.3 is 12.1 Å². The maximum atomic E-state index is 13.5. The molecule has 0 saturated carbocycles. The molecule has 1 amide bonds. The van der Waals surface area contributed by atoms with Crippen LogP contribution in [0.15, 0.2) is 83.9 Å². The Morgan fingerprint density at radius 1 is 1.02 bits per heavy atom. The lowest BCUT2D eigenvalue weighted by Gasteiger charge is -2.30. The van der Waals surface area contributed by atoms with Crippen molar-refractivity contribution in [3.8, 4) is 0 Å². The highest BCUT2D eigenvalue weighted by Gasteiger charge is 2.28. The molecule has 0 heterocycles. The molecule has 2 atom stereocenters. The molecule has 0 aliphatic heterocycles. The van der Waals surface area contributed by atoms with Crippen molar-refractivity contribution in [2.75, 3.05) is 18.0 Å². The Hall–Kier alpha value is -4.26. The lowest BCUT2D eigenvalue weighted by molar-refractivity contribution is -0.146. The van der Waals surface area contributed by atoms with Crippen molar-refractivity contribution < 1.29 is 33.0 Å². The monoisotopic (exact) mass is 686 g/mol. The smallest absolute Gasteiger partial charge is 0.408 e. The molecule has 1 aliphatic rings. The molecule has 13 heteroatoms. The third-order valence-corrected chi connectivity index (χ3v) is 7.98. The topological polar surface area (TPSA) is 114 Å². The number of carboxylic acids is 1. The van der Waals surface area contributed by atoms with Gasteiger partial charge in [0, 0.05) is 21.6 Å². The SMILES string of the molecule is O=C(NC[C@@H](O)C(=O)O)c1ccc(CN(C(=NCC(F)(F)F)NC(C=S)c2ccc(Cl)cc2)c2ccc(C3=CCCCC3)cc2)cc1. The van der Waals surface area contributed by atoms with Gasteiger partial charge in [-0.05, 0) is 84.3 Å². The summed E-state index contributed by atoms with van der Waals surface area (Å²) in [4.78, 5) is 28.9. The molecule has 1 aliphatic carbocycles. The standard InChI is InChI=1S/C34H34ClF3N4O4S/c35-27-14-10-25(11-15-27)29(20-47)41-33(40-21-34(36,37)38)42(28-16-12-24(13-17-28)23-4-2-1-3-5-23)19-22-6-8-26(9-7-22)31(44)39-18-30(43)32(45)46/h4,6-17,20,29-30,43H,1-3,5,18-19,21H2,(H,39,44)(H,40,41)(H,45,46)/t29?,30-/m1/s1. The number of allylic oxidation sites excluding steroid dienone is 2. The van der Waals surface area contributed by atoms with Crippen LogP contribution in [0.25, 0.3) is 5.57 Å². The number of aliphatic imine (C=N–C) groups is 1. The van der Waals surface area contributed by atoms with E-state index in [0.717, 1.165) is 31.2 Å². The van der Waals surface area contributed by atoms with Crippen LogP contribution >= 0.6 is 23.8 Å². The summed E-state index contributed by atoms with van der Waals surface area (Å²) in [5.74, 6) is -2.13. The van der Waals surface area contributed by atoms with Gasteiger partial charge < -0.3 is 25.7 Å². The Kier molecular flexibility index (Phi) is 12.5. The van der Waals surface area contributed by atoms with E-state index in [0.29, 0.717) is 21.8 Å². The van der Waals surface area contributed by atoms with E-state index in [1.54, 1.807) is 41.3 Å². The predicted molar refractivity (Wildman–Crippen MR) is 181 cm³/mol. The number of aliphatic hydroxyl groups excluding tert-OH is 1. The number of anilines is 1. The van der Waals surface area contributed by atoms with Crippen LogP contribution in [0.1, 0.15) is 58.8 Å². The van der Waals surface area contributed by atoms with Gasteiger partial charge in [-0.3, -0.25) is 4.79 Å². The second-order valence-corrected chi connectivity index (χ2v) is 11.6. The largest absolute Gasteiger partial charge is 0.479 e. The molecule has 0 saturated heterocycles. The average Bonchev–Trinajstić information content (AvgIpc) is 3.07. The first-order valence-corrected chi connectivity index (χ1v) is 15.7. The molecule has 4 N–H and O–H groups in total. The summed E-state index contributed by atoms with van der Waals surface area (Å²) in [6, 6.07) is 19.9. The van der Waals surface area contributed by atoms with Crippen molar-refractivity contribution in [3.05, 3.63) is 106 Å². The van der Waals surface area contributed by atoms with E-state index in [1.807, 2.05) is 24.3 Å². The molecule has 0 bridgehead atoms. The number of benzene rings is 3. The fraction of sp³-hybridized carbons (Fsp3) is 0.294. The normalized spacial score (nSPS) is 14.8. The maximum absolute atomic E-state index is 13.5. The Bertz CT molecular complexity index is 1600. The van der Waals surface area contributed by atoms with Gasteiger partial charge in [-0.25, -0.2) is 9.79 Å². The molecule has 248 valence electrons. The predicted octanol–water partition coefficient (Wildman–Crippen LogP) is 6.73. The molecular formula is C34H34ClF3N4O4S. The minimum atomic E-state index is -4.58. The fourth-order valence-electron chi connectivity index (χ4n) is 4.95. The number of aliphatic hydroxyl groups is 1. The summed E-state index contributed by atoms with van der Waals surface area (Å²) < 4.78 is 40.6. The average molecular weight is 687 g/mol. The van der Waals surface area contributed by atoms with Crippen LogP contribution in [0.4, 0.5) is 18.9 Å². The zero-order chi connectivity index (χ0) is 34.0. The number of rotatable bonds is 12. The lowest BCUT2D eigenvalue weighted by Crippen LogP contribution is -2.44. The third kappa shape index (κ3) is 10.6. The summed E-state index contributed by atoms with van der Waals surface area (Å²) in [5.41, 5.74) is 4.35. The molecule has 47 heavy (non-hydrogen) atoms. The number of nitrogens with zero attached hydrogens (tertiary/aromatic N) is 2. The summed E-state index contributed by atoms with van der Waals surface area (Å²) in [6.45, 7) is -1.85. The number of amides is 1. The Labute approximate surface area is 281 Å². The minimum absolute atomic E-state index is 0.0656. The number of carbonyl (C=O) groups excluding carboxylic acids is 1. The second kappa shape index (κ2) is 16.5. The van der Waals surface area contributed by atoms with Gasteiger partial charge in [0.05, 0.1) is 19.1 Å². The van der Waals surface area contributed by atoms with E-state index in [9.17, 15) is 27.9 Å². The highest BCUT2D eigenvalue weighted by atomic mass is 35.5. The van der Waals surface area contributed by atoms with Crippen LogP contribution in [-0.4, -0.2) is 58.8 Å². The van der Waals surface area contributed by atoms with E-state index in [4.69, 9.17) is 28.9 Å². The summed E-state index contributed by atoms with van der Waals surface area (Å²) >= 11 is 11.3. The number of thiocarbonyl (C=S) groups is 1. The number of carboxylic acid groups (broad SMARTS) is 1. The van der Waals surface area contributed by atoms with Gasteiger partial charge in [-0.2, -0.15) is 13.2 Å². The molecule has 0 aromatic heterocycles. The number of nitrogens with one attached hydrogen (secondary N) is 2. The first-order valence-electron chi connectivity index (χ1n) is 14.9. The van der Waals surface area contributed by atoms with Gasteiger partial charge in [0.1, 0.15) is 6.54 Å². The Balaban J connectivity index is 1.68. The van der Waals surface area contributed by atoms with Crippen LogP contribution in [-0.2, 0) is 11.3 Å². The van der Waals surface area contributed by atoms with Crippen molar-refractivity contribution in [1.29, 1.82) is 0 Å². The van der Waals surface area contributed by atoms with Gasteiger partial charge in [0.25, 0.3) is 5.91 Å². The molecule has 3 aromatic carbocycles. The van der Waals surface area contributed by atoms with Crippen molar-refractivity contribution >= 4 is 58.3 Å². The maximum Gasteiger partial charge on any atom is 0.408 e. The Morgan fingerprint density at radius 2 is 1.70 bits per heavy atom. The molecule has 0 spiro atoms. The summed E-state index contributed by atoms with van der Waals surface area (Å²) in [6.07, 6.45) is 0.0688. The van der Waals surface area contributed by atoms with Gasteiger partial charge in [-0.15, -0.1) is 0 Å². The van der Waals surface area contributed by atoms with E-state index in [1.165, 1.54) is 23.1 Å². The quantitative estimate of drug-likeness (QED) is 0.0950. The second-order valence-electron chi connectivity index (χ2n) is 10.9. The van der Waals surface area contributed by atoms with Crippen LogP contribution in [0, 0.1) is 0 Å². The first-order chi connectivity index (χ1) is 22.4. The van der Waals surface area contributed by atoms with Crippen molar-refractivity contribution in [2.24, 2.45) is 4.99 Å². The number of hydrogen-bond acceptors (Lipinski definition) is 5. The highest BCUT2D eigenvalue weighted by molar-refractivity contribution is 7.79. The number of hydrogen-bond donors (Lipinski definition) is 4. The number of halogens is 4. The number of guanidine groups is 1. The van der Waals surface area contributed by atoms with Gasteiger partial charge in [-0.1, -0.05) is 66.3 Å². The van der Waals surface area contributed by atoms with Crippen molar-refractivity contribution in [1.82, 2.24) is 10.6 Å². The van der Waals surface area contributed by atoms with Crippen LogP contribution in [0.5, 0.6) is 0 Å². The van der Waals surface area contributed by atoms with E-state index < -0.39 is 43.3 Å². The molecule has 0 radical (unpaired) electrons. The highest BCUT2D eigenvalue weighted by Crippen LogP contribution is 2.29. The summed E-state index contributed by atoms with van der Waals surface area (Å²) in [5, 5.41) is 25.6. The molecule has 1 unspecified atom stereocenters. The number of aliphatic carboxylic acids is 1. The van der Waals surface area contributed by atoms with Gasteiger partial charge in [0.2, 0.25) is 0 Å². The Morgan fingerprint density at radius 3 is 2.28 bits per heavy atom. The van der Waals surface area contributed by atoms with Crippen LogP contribution in [0.2, 0.25) is 5.02 Å². The number of alkyl halides is 3. The first kappa shape index (κ1) is 35.6. The minimum Gasteiger partial charge on any atom is -0.479 e. The van der Waals surface area contributed by atoms with Crippen LogP contribution < -0.4 is 15.5 Å². The summed E-state index contributed by atoms with van der Waals surface area (Å²) in [7, 11) is 0. The van der Waals surface area contributed by atoms with Gasteiger partial charge in [0.15, 0.2) is 12.1 Å². The molecule has 4 rings (SSSR count). The molecule has 0 fully saturated rings. The zero-order valence-electron chi connectivity index (χ0n) is 25.2. The lowest BCUT2D eigenvalue weighted by atomic mass is 9.93. The van der Waals surface area contributed by atoms with E-state index in [2.05, 4.69) is 21.7 Å². The fourth-order valence-corrected chi connectivity index (χ4v) is 5.30. The molecule has 3 aromatic rings. The van der Waals surface area contributed by atoms with Crippen molar-refractivity contribution in [2.45, 2.75) is 50.6 Å². The van der Waals surface area contributed by atoms with E-state index in [-0.39, 0.29) is 18.1 Å².